The van der Waals surface area contributed by atoms with Crippen LogP contribution in [0.1, 0.15) is 23.8 Å². The summed E-state index contributed by atoms with van der Waals surface area (Å²) in [4.78, 5) is 0. The summed E-state index contributed by atoms with van der Waals surface area (Å²) in [5, 5.41) is 0.654. The first-order chi connectivity index (χ1) is 7.88. The second kappa shape index (κ2) is 4.07. The smallest absolute Gasteiger partial charge is 0.390 e. The zero-order valence-electron chi connectivity index (χ0n) is 9.21. The van der Waals surface area contributed by atoms with Crippen LogP contribution < -0.4 is 5.73 Å². The molecule has 1 heterocycles. The molecule has 2 nitrogen and oxygen atoms in total. The van der Waals surface area contributed by atoms with Gasteiger partial charge in [0.15, 0.2) is 0 Å². The van der Waals surface area contributed by atoms with Gasteiger partial charge >= 0.3 is 6.18 Å². The normalized spacial score (nSPS) is 14.2. The minimum atomic E-state index is -4.27. The summed E-state index contributed by atoms with van der Waals surface area (Å²) in [5.41, 5.74) is 6.62. The summed E-state index contributed by atoms with van der Waals surface area (Å²) in [7, 11) is 0. The molecule has 2 rings (SSSR count). The largest absolute Gasteiger partial charge is 0.461 e. The lowest BCUT2D eigenvalue weighted by Gasteiger charge is -2.13. The molecule has 0 aliphatic rings. The Labute approximate surface area is 96.2 Å². The molecule has 0 fully saturated rings. The van der Waals surface area contributed by atoms with Crippen LogP contribution in [0.5, 0.6) is 0 Å². The second-order valence-corrected chi connectivity index (χ2v) is 3.99. The average Bonchev–Trinajstić information content (AvgIpc) is 2.50. The molecule has 1 atom stereocenters. The van der Waals surface area contributed by atoms with E-state index in [-0.39, 0.29) is 0 Å². The molecule has 0 amide bonds. The lowest BCUT2D eigenvalue weighted by Crippen LogP contribution is -2.20. The Morgan fingerprint density at radius 2 is 1.94 bits per heavy atom. The van der Waals surface area contributed by atoms with Gasteiger partial charge in [-0.05, 0) is 13.0 Å². The second-order valence-electron chi connectivity index (χ2n) is 3.99. The molecule has 1 aromatic heterocycles. The highest BCUT2D eigenvalue weighted by Gasteiger charge is 2.32. The Kier molecular flexibility index (Phi) is 2.87. The van der Waals surface area contributed by atoms with Crippen molar-refractivity contribution in [2.45, 2.75) is 25.6 Å². The predicted molar refractivity (Wildman–Crippen MR) is 58.6 cm³/mol. The maximum Gasteiger partial charge on any atom is 0.390 e. The summed E-state index contributed by atoms with van der Waals surface area (Å²) in [6, 6.07) is 5.87. The lowest BCUT2D eigenvalue weighted by molar-refractivity contribution is -0.138. The van der Waals surface area contributed by atoms with E-state index in [4.69, 9.17) is 10.2 Å². The van der Waals surface area contributed by atoms with Crippen LogP contribution in [0.3, 0.4) is 0 Å². The highest BCUT2D eigenvalue weighted by molar-refractivity contribution is 5.82. The van der Waals surface area contributed by atoms with Crippen LogP contribution in [0.15, 0.2) is 28.7 Å². The fourth-order valence-electron chi connectivity index (χ4n) is 2.00. The van der Waals surface area contributed by atoms with E-state index in [0.29, 0.717) is 22.3 Å². The van der Waals surface area contributed by atoms with Crippen LogP contribution in [0, 0.1) is 6.92 Å². The summed E-state index contributed by atoms with van der Waals surface area (Å²) >= 11 is 0. The van der Waals surface area contributed by atoms with Gasteiger partial charge in [-0.3, -0.25) is 0 Å². The Bertz CT molecular complexity index is 530. The van der Waals surface area contributed by atoms with Crippen molar-refractivity contribution < 1.29 is 17.6 Å². The first-order valence-corrected chi connectivity index (χ1v) is 5.19. The topological polar surface area (TPSA) is 39.2 Å². The van der Waals surface area contributed by atoms with Crippen molar-refractivity contribution in [2.24, 2.45) is 5.73 Å². The predicted octanol–water partition coefficient (Wildman–Crippen LogP) is 3.69. The summed E-state index contributed by atoms with van der Waals surface area (Å²) in [6.45, 7) is 1.63. The highest BCUT2D eigenvalue weighted by atomic mass is 19.4. The van der Waals surface area contributed by atoms with E-state index in [1.54, 1.807) is 31.2 Å². The SMILES string of the molecule is Cc1oc2ccccc2c1[C@@H](N)CC(F)(F)F. The number of fused-ring (bicyclic) bond motifs is 1. The molecule has 0 unspecified atom stereocenters. The molecule has 1 aromatic carbocycles. The molecule has 0 bridgehead atoms. The van der Waals surface area contributed by atoms with E-state index < -0.39 is 18.6 Å². The number of alkyl halides is 3. The van der Waals surface area contributed by atoms with Gasteiger partial charge in [0.25, 0.3) is 0 Å². The van der Waals surface area contributed by atoms with Crippen molar-refractivity contribution in [3.8, 4) is 0 Å². The van der Waals surface area contributed by atoms with Crippen LogP contribution >= 0.6 is 0 Å². The number of rotatable bonds is 2. The van der Waals surface area contributed by atoms with Crippen LogP contribution in [-0.4, -0.2) is 6.18 Å². The van der Waals surface area contributed by atoms with Crippen LogP contribution in [0.25, 0.3) is 11.0 Å². The molecule has 0 spiro atoms. The van der Waals surface area contributed by atoms with E-state index >= 15 is 0 Å². The van der Waals surface area contributed by atoms with Gasteiger partial charge < -0.3 is 10.2 Å². The fraction of sp³-hybridized carbons (Fsp3) is 0.333. The molecule has 0 aliphatic carbocycles. The van der Waals surface area contributed by atoms with Crippen molar-refractivity contribution in [2.75, 3.05) is 0 Å². The zero-order valence-corrected chi connectivity index (χ0v) is 9.21. The van der Waals surface area contributed by atoms with Gasteiger partial charge in [-0.1, -0.05) is 18.2 Å². The molecule has 0 saturated carbocycles. The Balaban J connectivity index is 2.44. The molecule has 0 saturated heterocycles. The third-order valence-electron chi connectivity index (χ3n) is 2.64. The number of halogens is 3. The molecule has 2 N–H and O–H groups in total. The van der Waals surface area contributed by atoms with E-state index in [1.807, 2.05) is 0 Å². The van der Waals surface area contributed by atoms with E-state index in [2.05, 4.69) is 0 Å². The zero-order chi connectivity index (χ0) is 12.6. The third-order valence-corrected chi connectivity index (χ3v) is 2.64. The highest BCUT2D eigenvalue weighted by Crippen LogP contribution is 2.34. The average molecular weight is 243 g/mol. The summed E-state index contributed by atoms with van der Waals surface area (Å²) in [6.07, 6.45) is -5.32. The van der Waals surface area contributed by atoms with Crippen LogP contribution in [0.2, 0.25) is 0 Å². The van der Waals surface area contributed by atoms with Crippen molar-refractivity contribution in [3.63, 3.8) is 0 Å². The molecule has 2 aromatic rings. The van der Waals surface area contributed by atoms with Gasteiger partial charge in [0, 0.05) is 17.0 Å². The maximum atomic E-state index is 12.3. The molecular formula is C12H12F3NO. The first-order valence-electron chi connectivity index (χ1n) is 5.19. The van der Waals surface area contributed by atoms with E-state index in [1.165, 1.54) is 0 Å². The van der Waals surface area contributed by atoms with Crippen molar-refractivity contribution in [3.05, 3.63) is 35.6 Å². The maximum absolute atomic E-state index is 12.3. The lowest BCUT2D eigenvalue weighted by atomic mass is 10.0. The molecule has 0 aliphatic heterocycles. The number of aryl methyl sites for hydroxylation is 1. The number of para-hydroxylation sites is 1. The van der Waals surface area contributed by atoms with E-state index in [9.17, 15) is 13.2 Å². The van der Waals surface area contributed by atoms with Gasteiger partial charge in [-0.25, -0.2) is 0 Å². The van der Waals surface area contributed by atoms with Gasteiger partial charge in [0.2, 0.25) is 0 Å². The van der Waals surface area contributed by atoms with Gasteiger partial charge in [-0.15, -0.1) is 0 Å². The minimum absolute atomic E-state index is 0.443. The molecule has 92 valence electrons. The van der Waals surface area contributed by atoms with Crippen molar-refractivity contribution in [1.29, 1.82) is 0 Å². The van der Waals surface area contributed by atoms with Gasteiger partial charge in [0.1, 0.15) is 11.3 Å². The van der Waals surface area contributed by atoms with Crippen molar-refractivity contribution >= 4 is 11.0 Å². The Morgan fingerprint density at radius 1 is 1.29 bits per heavy atom. The standard InChI is InChI=1S/C12H12F3NO/c1-7-11(9(16)6-12(13,14)15)8-4-2-3-5-10(8)17-7/h2-5,9H,6,16H2,1H3/t9-/m0/s1. The first kappa shape index (κ1) is 12.0. The molecule has 0 radical (unpaired) electrons. The summed E-state index contributed by atoms with van der Waals surface area (Å²) in [5.74, 6) is 0.447. The van der Waals surface area contributed by atoms with Crippen molar-refractivity contribution in [1.82, 2.24) is 0 Å². The monoisotopic (exact) mass is 243 g/mol. The summed E-state index contributed by atoms with van der Waals surface area (Å²) < 4.78 is 42.3. The number of hydrogen-bond acceptors (Lipinski definition) is 2. The van der Waals surface area contributed by atoms with Gasteiger partial charge in [0.05, 0.1) is 6.42 Å². The molecule has 5 heteroatoms. The van der Waals surface area contributed by atoms with Crippen LogP contribution in [-0.2, 0) is 0 Å². The fourth-order valence-corrected chi connectivity index (χ4v) is 2.00. The molecule has 17 heavy (non-hydrogen) atoms. The number of hydrogen-bond donors (Lipinski definition) is 1. The third kappa shape index (κ3) is 2.44. The Hall–Kier alpha value is -1.49. The quantitative estimate of drug-likeness (QED) is 0.873. The van der Waals surface area contributed by atoms with E-state index in [0.717, 1.165) is 0 Å². The number of benzene rings is 1. The minimum Gasteiger partial charge on any atom is -0.461 e. The molecular weight excluding hydrogens is 231 g/mol. The van der Waals surface area contributed by atoms with Gasteiger partial charge in [-0.2, -0.15) is 13.2 Å². The Morgan fingerprint density at radius 3 is 2.59 bits per heavy atom. The van der Waals surface area contributed by atoms with Crippen LogP contribution in [0.4, 0.5) is 13.2 Å². The number of furan rings is 1. The number of nitrogens with two attached hydrogens (primary N) is 1.